The summed E-state index contributed by atoms with van der Waals surface area (Å²) in [7, 11) is 0. The minimum atomic E-state index is 0.0237. The average Bonchev–Trinajstić information content (AvgIpc) is 3.09. The van der Waals surface area contributed by atoms with Gasteiger partial charge in [0.1, 0.15) is 0 Å². The van der Waals surface area contributed by atoms with Crippen molar-refractivity contribution in [2.24, 2.45) is 5.92 Å². The number of hydrogen-bond acceptors (Lipinski definition) is 2. The third-order valence-corrected chi connectivity index (χ3v) is 5.07. The summed E-state index contributed by atoms with van der Waals surface area (Å²) in [5.74, 6) is 0.652. The number of nitrogens with one attached hydrogen (secondary N) is 1. The highest BCUT2D eigenvalue weighted by Gasteiger charge is 2.38. The lowest BCUT2D eigenvalue weighted by Crippen LogP contribution is -2.43. The molecule has 108 valence electrons. The van der Waals surface area contributed by atoms with Crippen LogP contribution in [0, 0.1) is 5.92 Å². The van der Waals surface area contributed by atoms with Gasteiger partial charge in [0, 0.05) is 35.1 Å². The molecule has 2 bridgehead atoms. The molecule has 4 rings (SSSR count). The molecule has 0 saturated carbocycles. The fraction of sp³-hybridized carbons (Fsp3) is 0.353. The first-order valence-electron chi connectivity index (χ1n) is 7.42. The number of rotatable bonds is 2. The van der Waals surface area contributed by atoms with Crippen LogP contribution in [0.15, 0.2) is 36.4 Å². The highest BCUT2D eigenvalue weighted by atomic mass is 35.5. The Morgan fingerprint density at radius 1 is 1.24 bits per heavy atom. The number of benzene rings is 2. The van der Waals surface area contributed by atoms with Gasteiger partial charge in [0.05, 0.1) is 0 Å². The van der Waals surface area contributed by atoms with Crippen molar-refractivity contribution in [2.45, 2.75) is 12.5 Å². The minimum absolute atomic E-state index is 0.0237. The molecule has 2 aromatic carbocycles. The lowest BCUT2D eigenvalue weighted by molar-refractivity contribution is 0.0924. The second kappa shape index (κ2) is 5.00. The van der Waals surface area contributed by atoms with Crippen LogP contribution in [-0.4, -0.2) is 36.5 Å². The van der Waals surface area contributed by atoms with E-state index < -0.39 is 0 Å². The van der Waals surface area contributed by atoms with Crippen molar-refractivity contribution in [1.29, 1.82) is 0 Å². The average molecular weight is 301 g/mol. The van der Waals surface area contributed by atoms with Gasteiger partial charge in [0.2, 0.25) is 0 Å². The molecule has 1 amide bonds. The lowest BCUT2D eigenvalue weighted by atomic mass is 9.99. The molecule has 3 atom stereocenters. The Bertz CT molecular complexity index is 715. The molecule has 21 heavy (non-hydrogen) atoms. The predicted molar refractivity (Wildman–Crippen MR) is 84.8 cm³/mol. The van der Waals surface area contributed by atoms with Gasteiger partial charge < -0.3 is 10.2 Å². The normalized spacial score (nSPS) is 27.2. The molecule has 0 aliphatic carbocycles. The van der Waals surface area contributed by atoms with Gasteiger partial charge in [0.15, 0.2) is 0 Å². The monoisotopic (exact) mass is 300 g/mol. The van der Waals surface area contributed by atoms with Crippen molar-refractivity contribution >= 4 is 28.3 Å². The van der Waals surface area contributed by atoms with Crippen LogP contribution < -0.4 is 5.32 Å². The minimum Gasteiger partial charge on any atom is -0.348 e. The molecule has 0 radical (unpaired) electrons. The third kappa shape index (κ3) is 2.30. The SMILES string of the molecule is O=C(NC1CN2CCC1C2)c1ccc2c(Cl)cccc2c1. The highest BCUT2D eigenvalue weighted by Crippen LogP contribution is 2.28. The summed E-state index contributed by atoms with van der Waals surface area (Å²) in [6, 6.07) is 11.8. The number of halogens is 1. The summed E-state index contributed by atoms with van der Waals surface area (Å²) in [5, 5.41) is 5.91. The fourth-order valence-electron chi connectivity index (χ4n) is 3.58. The zero-order valence-electron chi connectivity index (χ0n) is 11.7. The van der Waals surface area contributed by atoms with Crippen molar-refractivity contribution in [3.8, 4) is 0 Å². The van der Waals surface area contributed by atoms with Gasteiger partial charge in [-0.2, -0.15) is 0 Å². The van der Waals surface area contributed by atoms with E-state index in [1.807, 2.05) is 36.4 Å². The van der Waals surface area contributed by atoms with Gasteiger partial charge >= 0.3 is 0 Å². The summed E-state index contributed by atoms with van der Waals surface area (Å²) in [4.78, 5) is 14.9. The molecule has 2 fully saturated rings. The largest absolute Gasteiger partial charge is 0.348 e. The van der Waals surface area contributed by atoms with E-state index in [0.717, 1.165) is 28.9 Å². The van der Waals surface area contributed by atoms with Crippen molar-refractivity contribution < 1.29 is 4.79 Å². The summed E-state index contributed by atoms with van der Waals surface area (Å²) >= 11 is 6.16. The maximum absolute atomic E-state index is 12.4. The second-order valence-corrected chi connectivity index (χ2v) is 6.47. The smallest absolute Gasteiger partial charge is 0.251 e. The van der Waals surface area contributed by atoms with Crippen molar-refractivity contribution in [3.63, 3.8) is 0 Å². The van der Waals surface area contributed by atoms with Gasteiger partial charge in [-0.1, -0.05) is 29.8 Å². The predicted octanol–water partition coefficient (Wildman–Crippen LogP) is 2.93. The molecule has 2 aliphatic rings. The first-order chi connectivity index (χ1) is 10.2. The molecule has 2 aromatic rings. The highest BCUT2D eigenvalue weighted by molar-refractivity contribution is 6.35. The number of piperidine rings is 1. The number of nitrogens with zero attached hydrogens (tertiary/aromatic N) is 1. The zero-order valence-corrected chi connectivity index (χ0v) is 12.4. The van der Waals surface area contributed by atoms with Crippen LogP contribution in [0.3, 0.4) is 0 Å². The van der Waals surface area contributed by atoms with E-state index in [4.69, 9.17) is 11.6 Å². The van der Waals surface area contributed by atoms with Gasteiger partial charge in [-0.25, -0.2) is 0 Å². The van der Waals surface area contributed by atoms with Crippen LogP contribution in [0.1, 0.15) is 16.8 Å². The van der Waals surface area contributed by atoms with Crippen molar-refractivity contribution in [2.75, 3.05) is 19.6 Å². The van der Waals surface area contributed by atoms with Gasteiger partial charge in [0.25, 0.3) is 5.91 Å². The van der Waals surface area contributed by atoms with Crippen molar-refractivity contribution in [3.05, 3.63) is 47.0 Å². The Labute approximate surface area is 128 Å². The maximum Gasteiger partial charge on any atom is 0.251 e. The first kappa shape index (κ1) is 13.1. The van der Waals surface area contributed by atoms with E-state index in [2.05, 4.69) is 10.2 Å². The second-order valence-electron chi connectivity index (χ2n) is 6.06. The Morgan fingerprint density at radius 3 is 2.90 bits per heavy atom. The van der Waals surface area contributed by atoms with Crippen LogP contribution in [0.25, 0.3) is 10.8 Å². The number of amides is 1. The molecule has 4 heteroatoms. The summed E-state index contributed by atoms with van der Waals surface area (Å²) < 4.78 is 0. The molecule has 3 nitrogen and oxygen atoms in total. The number of fused-ring (bicyclic) bond motifs is 3. The topological polar surface area (TPSA) is 32.3 Å². The Balaban J connectivity index is 1.57. The number of carbonyl (C=O) groups excluding carboxylic acids is 1. The van der Waals surface area contributed by atoms with E-state index in [1.165, 1.54) is 13.0 Å². The first-order valence-corrected chi connectivity index (χ1v) is 7.80. The van der Waals surface area contributed by atoms with Crippen LogP contribution in [0.2, 0.25) is 5.02 Å². The molecule has 2 heterocycles. The molecule has 3 unspecified atom stereocenters. The lowest BCUT2D eigenvalue weighted by Gasteiger charge is -2.23. The van der Waals surface area contributed by atoms with Gasteiger partial charge in [-0.05, 0) is 42.5 Å². The summed E-state index contributed by atoms with van der Waals surface area (Å²) in [6.07, 6.45) is 1.21. The van der Waals surface area contributed by atoms with E-state index in [-0.39, 0.29) is 5.91 Å². The summed E-state index contributed by atoms with van der Waals surface area (Å²) in [6.45, 7) is 3.32. The third-order valence-electron chi connectivity index (χ3n) is 4.74. The molecule has 2 aliphatic heterocycles. The molecule has 0 spiro atoms. The van der Waals surface area contributed by atoms with E-state index in [0.29, 0.717) is 17.5 Å². The molecular formula is C17H17ClN2O. The van der Waals surface area contributed by atoms with E-state index >= 15 is 0 Å². The quantitative estimate of drug-likeness (QED) is 0.925. The van der Waals surface area contributed by atoms with Crippen molar-refractivity contribution in [1.82, 2.24) is 10.2 Å². The Kier molecular flexibility index (Phi) is 3.12. The molecular weight excluding hydrogens is 284 g/mol. The van der Waals surface area contributed by atoms with Crippen LogP contribution in [0.4, 0.5) is 0 Å². The summed E-state index contributed by atoms with van der Waals surface area (Å²) in [5.41, 5.74) is 0.711. The van der Waals surface area contributed by atoms with E-state index in [1.54, 1.807) is 0 Å². The van der Waals surface area contributed by atoms with Gasteiger partial charge in [-0.3, -0.25) is 4.79 Å². The fourth-order valence-corrected chi connectivity index (χ4v) is 3.83. The number of carbonyl (C=O) groups is 1. The number of hydrogen-bond donors (Lipinski definition) is 1. The Morgan fingerprint density at radius 2 is 2.14 bits per heavy atom. The molecule has 2 saturated heterocycles. The standard InChI is InChI=1S/C17H17ClN2O/c18-15-3-1-2-11-8-12(4-5-14(11)15)17(21)19-16-10-20-7-6-13(16)9-20/h1-5,8,13,16H,6-7,9-10H2,(H,19,21). The zero-order chi connectivity index (χ0) is 14.4. The van der Waals surface area contributed by atoms with Crippen LogP contribution >= 0.6 is 11.6 Å². The van der Waals surface area contributed by atoms with Gasteiger partial charge in [-0.15, -0.1) is 0 Å². The Hall–Kier alpha value is -1.58. The molecule has 1 N–H and O–H groups in total. The van der Waals surface area contributed by atoms with Crippen LogP contribution in [0.5, 0.6) is 0 Å². The van der Waals surface area contributed by atoms with E-state index in [9.17, 15) is 4.79 Å². The van der Waals surface area contributed by atoms with Crippen LogP contribution in [-0.2, 0) is 0 Å². The molecule has 0 aromatic heterocycles. The maximum atomic E-state index is 12.4.